The summed E-state index contributed by atoms with van der Waals surface area (Å²) in [7, 11) is 0. The van der Waals surface area contributed by atoms with Crippen LogP contribution in [0.3, 0.4) is 0 Å². The van der Waals surface area contributed by atoms with Crippen LogP contribution in [0.15, 0.2) is 72.9 Å². The molecule has 0 saturated carbocycles. The Morgan fingerprint density at radius 1 is 0.778 bits per heavy atom. The molecule has 0 bridgehead atoms. The van der Waals surface area contributed by atoms with Crippen molar-refractivity contribution in [1.82, 2.24) is 9.88 Å². The first kappa shape index (κ1) is 28.0. The van der Waals surface area contributed by atoms with Gasteiger partial charge in [0.2, 0.25) is 0 Å². The number of halogens is 5. The van der Waals surface area contributed by atoms with E-state index in [2.05, 4.69) is 64.5 Å². The molecule has 0 N–H and O–H groups in total. The maximum absolute atomic E-state index is 13.4. The number of aromatic nitrogens is 1. The number of nitrogens with zero attached hydrogens (tertiary/aromatic N) is 3. The molecule has 2 aliphatic rings. The Labute approximate surface area is 222 Å². The fourth-order valence-electron chi connectivity index (χ4n) is 5.08. The molecule has 1 aromatic heterocycles. The predicted octanol–water partition coefficient (Wildman–Crippen LogP) is 6.69. The number of rotatable bonds is 4. The molecule has 0 unspecified atom stereocenters. The molecule has 1 saturated heterocycles. The maximum Gasteiger partial charge on any atom is 0.419 e. The number of pyridine rings is 1. The summed E-state index contributed by atoms with van der Waals surface area (Å²) in [6, 6.07) is 19.8. The summed E-state index contributed by atoms with van der Waals surface area (Å²) in [6.45, 7) is 3.43. The Morgan fingerprint density at radius 3 is 1.94 bits per heavy atom. The highest BCUT2D eigenvalue weighted by Gasteiger charge is 2.36. The zero-order valence-corrected chi connectivity index (χ0v) is 21.5. The molecule has 0 radical (unpaired) electrons. The second-order valence-corrected chi connectivity index (χ2v) is 8.92. The van der Waals surface area contributed by atoms with Gasteiger partial charge >= 0.3 is 6.18 Å². The van der Waals surface area contributed by atoms with Crippen molar-refractivity contribution < 1.29 is 13.2 Å². The fourth-order valence-corrected chi connectivity index (χ4v) is 5.08. The van der Waals surface area contributed by atoms with E-state index < -0.39 is 11.7 Å². The van der Waals surface area contributed by atoms with Crippen LogP contribution in [-0.4, -0.2) is 42.6 Å². The Kier molecular flexibility index (Phi) is 9.45. The van der Waals surface area contributed by atoms with Gasteiger partial charge in [-0.1, -0.05) is 54.6 Å². The topological polar surface area (TPSA) is 19.4 Å². The minimum Gasteiger partial charge on any atom is -0.354 e. The molecule has 0 amide bonds. The van der Waals surface area contributed by atoms with Gasteiger partial charge in [0, 0.05) is 38.9 Å². The van der Waals surface area contributed by atoms with E-state index in [9.17, 15) is 13.2 Å². The van der Waals surface area contributed by atoms with E-state index in [0.717, 1.165) is 45.0 Å². The average Bonchev–Trinajstić information content (AvgIpc) is 3.01. The van der Waals surface area contributed by atoms with Gasteiger partial charge in [-0.05, 0) is 59.2 Å². The van der Waals surface area contributed by atoms with Gasteiger partial charge in [-0.2, -0.15) is 13.2 Å². The lowest BCUT2D eigenvalue weighted by Gasteiger charge is -2.36. The molecule has 192 valence electrons. The van der Waals surface area contributed by atoms with Crippen molar-refractivity contribution in [2.45, 2.75) is 25.4 Å². The van der Waals surface area contributed by atoms with Crippen LogP contribution in [0.2, 0.25) is 0 Å². The molecule has 8 heteroatoms. The number of anilines is 1. The first-order chi connectivity index (χ1) is 16.5. The van der Waals surface area contributed by atoms with Gasteiger partial charge < -0.3 is 4.90 Å². The molecule has 2 aromatic carbocycles. The number of benzene rings is 2. The van der Waals surface area contributed by atoms with Gasteiger partial charge in [-0.15, -0.1) is 24.8 Å². The third-order valence-corrected chi connectivity index (χ3v) is 6.84. The monoisotopic (exact) mass is 535 g/mol. The van der Waals surface area contributed by atoms with Crippen LogP contribution < -0.4 is 4.90 Å². The fraction of sp³-hybridized carbons (Fsp3) is 0.321. The molecule has 5 rings (SSSR count). The maximum atomic E-state index is 13.4. The van der Waals surface area contributed by atoms with Gasteiger partial charge in [0.05, 0.1) is 5.56 Å². The second kappa shape index (κ2) is 12.1. The quantitative estimate of drug-likeness (QED) is 0.371. The second-order valence-electron chi connectivity index (χ2n) is 8.92. The van der Waals surface area contributed by atoms with Crippen molar-refractivity contribution in [3.63, 3.8) is 0 Å². The Morgan fingerprint density at radius 2 is 1.36 bits per heavy atom. The van der Waals surface area contributed by atoms with Crippen molar-refractivity contribution in [2.75, 3.05) is 37.6 Å². The number of alkyl halides is 3. The standard InChI is InChI=1S/C28H28F3N3.2ClH/c29-28(30,31)26-12-5-15-32-27(26)34-19-17-33(18-20-34)16-6-11-25-23-9-3-1-7-21(23)13-14-22-8-2-4-10-24(22)25;;/h1-5,7-12,15H,6,13-14,16-20H2;2*1H. The van der Waals surface area contributed by atoms with E-state index in [4.69, 9.17) is 0 Å². The zero-order valence-electron chi connectivity index (χ0n) is 19.9. The summed E-state index contributed by atoms with van der Waals surface area (Å²) in [5.41, 5.74) is 6.03. The van der Waals surface area contributed by atoms with Crippen LogP contribution in [-0.2, 0) is 19.0 Å². The van der Waals surface area contributed by atoms with E-state index in [-0.39, 0.29) is 30.6 Å². The summed E-state index contributed by atoms with van der Waals surface area (Å²) < 4.78 is 40.1. The van der Waals surface area contributed by atoms with Crippen molar-refractivity contribution in [2.24, 2.45) is 0 Å². The molecule has 0 atom stereocenters. The molecule has 1 aliphatic carbocycles. The van der Waals surface area contributed by atoms with Gasteiger partial charge in [0.25, 0.3) is 0 Å². The van der Waals surface area contributed by atoms with E-state index in [1.54, 1.807) is 4.90 Å². The molecule has 1 aliphatic heterocycles. The number of aryl methyl sites for hydroxylation is 2. The summed E-state index contributed by atoms with van der Waals surface area (Å²) in [5.74, 6) is 0.0448. The number of hydrogen-bond acceptors (Lipinski definition) is 3. The van der Waals surface area contributed by atoms with E-state index in [0.29, 0.717) is 13.1 Å². The normalized spacial score (nSPS) is 15.6. The molecule has 3 nitrogen and oxygen atoms in total. The lowest BCUT2D eigenvalue weighted by molar-refractivity contribution is -0.137. The molecule has 0 spiro atoms. The molecule has 1 fully saturated rings. The van der Waals surface area contributed by atoms with Crippen molar-refractivity contribution in [1.29, 1.82) is 0 Å². The average molecular weight is 536 g/mol. The van der Waals surface area contributed by atoms with Crippen LogP contribution in [0, 0.1) is 0 Å². The van der Waals surface area contributed by atoms with E-state index in [1.165, 1.54) is 40.1 Å². The Balaban J connectivity index is 0.00000180. The van der Waals surface area contributed by atoms with Gasteiger partial charge in [0.1, 0.15) is 5.82 Å². The smallest absolute Gasteiger partial charge is 0.354 e. The first-order valence-electron chi connectivity index (χ1n) is 11.9. The first-order valence-corrected chi connectivity index (χ1v) is 11.9. The van der Waals surface area contributed by atoms with Crippen molar-refractivity contribution in [3.8, 4) is 0 Å². The SMILES string of the molecule is Cl.Cl.FC(F)(F)c1cccnc1N1CCN(CCC=C2c3ccccc3CCc3ccccc32)CC1. The Hall–Kier alpha value is -2.54. The van der Waals surface area contributed by atoms with Crippen LogP contribution in [0.4, 0.5) is 19.0 Å². The van der Waals surface area contributed by atoms with E-state index >= 15 is 0 Å². The molecular formula is C28H30Cl2F3N3. The summed E-state index contributed by atoms with van der Waals surface area (Å²) in [4.78, 5) is 8.14. The minimum absolute atomic E-state index is 0. The lowest BCUT2D eigenvalue weighted by Crippen LogP contribution is -2.47. The highest BCUT2D eigenvalue weighted by Crippen LogP contribution is 2.36. The van der Waals surface area contributed by atoms with Crippen molar-refractivity contribution in [3.05, 3.63) is 101 Å². The van der Waals surface area contributed by atoms with Crippen molar-refractivity contribution >= 4 is 36.2 Å². The van der Waals surface area contributed by atoms with E-state index in [1.807, 2.05) is 0 Å². The number of hydrogen-bond donors (Lipinski definition) is 0. The molecular weight excluding hydrogens is 506 g/mol. The molecule has 3 aromatic rings. The number of fused-ring (bicyclic) bond motifs is 2. The highest BCUT2D eigenvalue weighted by molar-refractivity contribution is 5.86. The predicted molar refractivity (Wildman–Crippen MR) is 144 cm³/mol. The van der Waals surface area contributed by atoms with Gasteiger partial charge in [-0.3, -0.25) is 4.90 Å². The van der Waals surface area contributed by atoms with Gasteiger partial charge in [-0.25, -0.2) is 4.98 Å². The summed E-state index contributed by atoms with van der Waals surface area (Å²) >= 11 is 0. The third-order valence-electron chi connectivity index (χ3n) is 6.84. The lowest BCUT2D eigenvalue weighted by atomic mass is 9.93. The molecule has 2 heterocycles. The van der Waals surface area contributed by atoms with Gasteiger partial charge in [0.15, 0.2) is 0 Å². The van der Waals surface area contributed by atoms with Crippen LogP contribution in [0.25, 0.3) is 5.57 Å². The van der Waals surface area contributed by atoms with Crippen LogP contribution in [0.5, 0.6) is 0 Å². The number of piperazine rings is 1. The highest BCUT2D eigenvalue weighted by atomic mass is 35.5. The largest absolute Gasteiger partial charge is 0.419 e. The zero-order chi connectivity index (χ0) is 23.5. The summed E-state index contributed by atoms with van der Waals surface area (Å²) in [6.07, 6.45) is 2.37. The third kappa shape index (κ3) is 6.05. The molecule has 36 heavy (non-hydrogen) atoms. The Bertz CT molecular complexity index is 1140. The minimum atomic E-state index is -4.39. The van der Waals surface area contributed by atoms with Crippen LogP contribution >= 0.6 is 24.8 Å². The summed E-state index contributed by atoms with van der Waals surface area (Å²) in [5, 5.41) is 0. The van der Waals surface area contributed by atoms with Crippen LogP contribution in [0.1, 0.15) is 34.2 Å².